The number of nitro benzene ring substituents is 1. The van der Waals surface area contributed by atoms with Crippen molar-refractivity contribution in [3.8, 4) is 0 Å². The summed E-state index contributed by atoms with van der Waals surface area (Å²) in [5.74, 6) is 0. The van der Waals surface area contributed by atoms with Crippen LogP contribution in [-0.2, 0) is 12.8 Å². The number of nitrogens with zero attached hydrogens (tertiary/aromatic N) is 1. The molecule has 1 aliphatic rings. The molecule has 56 valence electrons. The van der Waals surface area contributed by atoms with Crippen LogP contribution in [-0.4, -0.2) is 4.92 Å². The van der Waals surface area contributed by atoms with E-state index in [2.05, 4.69) is 0 Å². The normalized spacial score (nSPS) is 13.5. The molecule has 0 atom stereocenters. The molecule has 2 rings (SSSR count). The molecule has 3 nitrogen and oxygen atoms in total. The molecule has 0 heterocycles. The van der Waals surface area contributed by atoms with Crippen molar-refractivity contribution in [1.82, 2.24) is 0 Å². The third-order valence-electron chi connectivity index (χ3n) is 1.95. The molecule has 0 radical (unpaired) electrons. The van der Waals surface area contributed by atoms with Crippen molar-refractivity contribution in [2.75, 3.05) is 0 Å². The Balaban J connectivity index is 2.53. The molecule has 11 heavy (non-hydrogen) atoms. The Morgan fingerprint density at radius 2 is 1.73 bits per heavy atom. The molecular weight excluding hydrogens is 142 g/mol. The van der Waals surface area contributed by atoms with E-state index in [0.717, 1.165) is 24.0 Å². The van der Waals surface area contributed by atoms with E-state index >= 15 is 0 Å². The fourth-order valence-electron chi connectivity index (χ4n) is 1.43. The van der Waals surface area contributed by atoms with E-state index < -0.39 is 0 Å². The summed E-state index contributed by atoms with van der Waals surface area (Å²) in [6.07, 6.45) is 1.92. The summed E-state index contributed by atoms with van der Waals surface area (Å²) in [5.41, 5.74) is 2.42. The van der Waals surface area contributed by atoms with Crippen molar-refractivity contribution in [2.24, 2.45) is 0 Å². The molecule has 1 aliphatic carbocycles. The average molecular weight is 149 g/mol. The van der Waals surface area contributed by atoms with Gasteiger partial charge in [-0.2, -0.15) is 0 Å². The van der Waals surface area contributed by atoms with Crippen LogP contribution in [0.3, 0.4) is 0 Å². The lowest BCUT2D eigenvalue weighted by Crippen LogP contribution is -1.87. The predicted octanol–water partition coefficient (Wildman–Crippen LogP) is 1.69. The predicted molar refractivity (Wildman–Crippen MR) is 40.5 cm³/mol. The first-order valence-electron chi connectivity index (χ1n) is 3.53. The molecular formula is C8H7NO2. The van der Waals surface area contributed by atoms with Gasteiger partial charge in [0.05, 0.1) is 4.92 Å². The SMILES string of the molecule is O=[N+]([O-])c1cc2cc(c1)CC2. The van der Waals surface area contributed by atoms with Gasteiger partial charge >= 0.3 is 0 Å². The van der Waals surface area contributed by atoms with Crippen LogP contribution in [0, 0.1) is 10.1 Å². The molecule has 0 spiro atoms. The van der Waals surface area contributed by atoms with E-state index in [1.807, 2.05) is 6.07 Å². The molecule has 3 heteroatoms. The van der Waals surface area contributed by atoms with Crippen LogP contribution in [0.15, 0.2) is 18.2 Å². The maximum atomic E-state index is 10.3. The Bertz CT molecular complexity index is 298. The van der Waals surface area contributed by atoms with Crippen LogP contribution in [0.5, 0.6) is 0 Å². The van der Waals surface area contributed by atoms with E-state index in [9.17, 15) is 10.1 Å². The summed E-state index contributed by atoms with van der Waals surface area (Å²) < 4.78 is 0. The van der Waals surface area contributed by atoms with Gasteiger partial charge in [0.1, 0.15) is 0 Å². The summed E-state index contributed by atoms with van der Waals surface area (Å²) in [6.45, 7) is 0. The third kappa shape index (κ3) is 0.981. The first-order valence-corrected chi connectivity index (χ1v) is 3.53. The molecule has 0 saturated carbocycles. The Morgan fingerprint density at radius 3 is 2.18 bits per heavy atom. The second kappa shape index (κ2) is 2.05. The largest absolute Gasteiger partial charge is 0.269 e. The molecule has 0 unspecified atom stereocenters. The minimum absolute atomic E-state index is 0.231. The van der Waals surface area contributed by atoms with Gasteiger partial charge in [0.2, 0.25) is 0 Å². The van der Waals surface area contributed by atoms with Crippen LogP contribution < -0.4 is 0 Å². The molecule has 0 aromatic heterocycles. The van der Waals surface area contributed by atoms with Crippen molar-refractivity contribution in [2.45, 2.75) is 12.8 Å². The minimum atomic E-state index is -0.335. The Morgan fingerprint density at radius 1 is 1.18 bits per heavy atom. The number of fused-ring (bicyclic) bond motifs is 2. The van der Waals surface area contributed by atoms with Gasteiger partial charge in [0.25, 0.3) is 5.69 Å². The average Bonchev–Trinajstić information content (AvgIpc) is 2.30. The first kappa shape index (κ1) is 6.34. The zero-order chi connectivity index (χ0) is 7.84. The molecule has 0 amide bonds. The Hall–Kier alpha value is -1.38. The molecule has 2 bridgehead atoms. The highest BCUT2D eigenvalue weighted by Gasteiger charge is 2.14. The van der Waals surface area contributed by atoms with Crippen molar-refractivity contribution >= 4 is 5.69 Å². The van der Waals surface area contributed by atoms with Gasteiger partial charge < -0.3 is 0 Å². The number of nitro groups is 1. The Kier molecular flexibility index (Phi) is 1.18. The van der Waals surface area contributed by atoms with Crippen LogP contribution >= 0.6 is 0 Å². The van der Waals surface area contributed by atoms with E-state index in [1.54, 1.807) is 12.1 Å². The standard InChI is InChI=1S/C8H7NO2/c10-9(11)8-4-6-1-2-7(3-6)5-8/h3-5H,1-2H2. The van der Waals surface area contributed by atoms with Crippen LogP contribution in [0.2, 0.25) is 0 Å². The fraction of sp³-hybridized carbons (Fsp3) is 0.250. The highest BCUT2D eigenvalue weighted by atomic mass is 16.6. The number of benzene rings is 1. The summed E-state index contributed by atoms with van der Waals surface area (Å²) >= 11 is 0. The minimum Gasteiger partial charge on any atom is -0.258 e. The monoisotopic (exact) mass is 149 g/mol. The smallest absolute Gasteiger partial charge is 0.258 e. The highest BCUT2D eigenvalue weighted by molar-refractivity contribution is 5.43. The topological polar surface area (TPSA) is 43.1 Å². The van der Waals surface area contributed by atoms with E-state index in [1.165, 1.54) is 0 Å². The van der Waals surface area contributed by atoms with Crippen molar-refractivity contribution in [3.63, 3.8) is 0 Å². The van der Waals surface area contributed by atoms with Crippen LogP contribution in [0.25, 0.3) is 0 Å². The van der Waals surface area contributed by atoms with E-state index in [4.69, 9.17) is 0 Å². The zero-order valence-electron chi connectivity index (χ0n) is 5.91. The Labute approximate surface area is 63.8 Å². The molecule has 0 saturated heterocycles. The van der Waals surface area contributed by atoms with Crippen LogP contribution in [0.1, 0.15) is 11.1 Å². The zero-order valence-corrected chi connectivity index (χ0v) is 5.91. The van der Waals surface area contributed by atoms with Gasteiger partial charge in [-0.15, -0.1) is 0 Å². The molecule has 0 N–H and O–H groups in total. The maximum Gasteiger partial charge on any atom is 0.269 e. The second-order valence-corrected chi connectivity index (χ2v) is 2.76. The lowest BCUT2D eigenvalue weighted by atomic mass is 10.2. The van der Waals surface area contributed by atoms with Gasteiger partial charge in [-0.1, -0.05) is 6.07 Å². The lowest BCUT2D eigenvalue weighted by molar-refractivity contribution is -0.384. The van der Waals surface area contributed by atoms with Gasteiger partial charge in [-0.05, 0) is 24.0 Å². The number of aryl methyl sites for hydroxylation is 2. The van der Waals surface area contributed by atoms with Crippen molar-refractivity contribution in [3.05, 3.63) is 39.4 Å². The molecule has 1 aromatic rings. The van der Waals surface area contributed by atoms with Gasteiger partial charge in [0, 0.05) is 12.1 Å². The number of hydrogen-bond acceptors (Lipinski definition) is 2. The van der Waals surface area contributed by atoms with Crippen molar-refractivity contribution in [1.29, 1.82) is 0 Å². The number of non-ortho nitro benzene ring substituents is 1. The van der Waals surface area contributed by atoms with Gasteiger partial charge in [-0.3, -0.25) is 10.1 Å². The van der Waals surface area contributed by atoms with Gasteiger partial charge in [0.15, 0.2) is 0 Å². The third-order valence-corrected chi connectivity index (χ3v) is 1.95. The summed E-state index contributed by atoms with van der Waals surface area (Å²) in [6, 6.07) is 5.32. The van der Waals surface area contributed by atoms with E-state index in [-0.39, 0.29) is 10.6 Å². The quantitative estimate of drug-likeness (QED) is 0.450. The molecule has 1 aromatic carbocycles. The van der Waals surface area contributed by atoms with E-state index in [0.29, 0.717) is 0 Å². The summed E-state index contributed by atoms with van der Waals surface area (Å²) in [7, 11) is 0. The van der Waals surface area contributed by atoms with Crippen LogP contribution in [0.4, 0.5) is 5.69 Å². The van der Waals surface area contributed by atoms with Gasteiger partial charge in [-0.25, -0.2) is 0 Å². The first-order chi connectivity index (χ1) is 5.25. The summed E-state index contributed by atoms with van der Waals surface area (Å²) in [4.78, 5) is 10.0. The fourth-order valence-corrected chi connectivity index (χ4v) is 1.43. The molecule has 0 aliphatic heterocycles. The van der Waals surface area contributed by atoms with Crippen molar-refractivity contribution < 1.29 is 4.92 Å². The second-order valence-electron chi connectivity index (χ2n) is 2.76. The summed E-state index contributed by atoms with van der Waals surface area (Å²) in [5, 5.41) is 10.3. The number of rotatable bonds is 1. The number of hydrogen-bond donors (Lipinski definition) is 0. The highest BCUT2D eigenvalue weighted by Crippen LogP contribution is 2.24. The molecule has 0 fully saturated rings. The maximum absolute atomic E-state index is 10.3. The lowest BCUT2D eigenvalue weighted by Gasteiger charge is -1.90.